The zero-order valence-corrected chi connectivity index (χ0v) is 12.0. The molecule has 0 atom stereocenters. The summed E-state index contributed by atoms with van der Waals surface area (Å²) in [6.45, 7) is 8.65. The molecular formula is C14H20N2O3. The van der Waals surface area contributed by atoms with Gasteiger partial charge in [-0.1, -0.05) is 27.7 Å². The molecule has 5 nitrogen and oxygen atoms in total. The van der Waals surface area contributed by atoms with Gasteiger partial charge in [-0.25, -0.2) is 0 Å². The molecule has 1 N–H and O–H groups in total. The number of nitro groups is 1. The Bertz CT molecular complexity index is 509. The number of benzene rings is 1. The number of rotatable bonds is 4. The molecular weight excluding hydrogens is 244 g/mol. The van der Waals surface area contributed by atoms with E-state index in [4.69, 9.17) is 4.74 Å². The maximum Gasteiger partial charge on any atom is 0.292 e. The first kappa shape index (κ1) is 13.6. The van der Waals surface area contributed by atoms with Crippen molar-refractivity contribution in [2.24, 2.45) is 10.8 Å². The highest BCUT2D eigenvalue weighted by atomic mass is 16.6. The Morgan fingerprint density at radius 2 is 1.84 bits per heavy atom. The molecule has 0 bridgehead atoms. The number of hydrogen-bond donors (Lipinski definition) is 1. The fourth-order valence-electron chi connectivity index (χ4n) is 2.63. The van der Waals surface area contributed by atoms with Crippen LogP contribution in [-0.4, -0.2) is 18.1 Å². The van der Waals surface area contributed by atoms with Gasteiger partial charge in [-0.15, -0.1) is 0 Å². The lowest BCUT2D eigenvalue weighted by Crippen LogP contribution is -2.11. The number of anilines is 1. The van der Waals surface area contributed by atoms with Crippen LogP contribution in [0.5, 0.6) is 5.75 Å². The van der Waals surface area contributed by atoms with Gasteiger partial charge in [0.1, 0.15) is 11.4 Å². The van der Waals surface area contributed by atoms with Crippen LogP contribution >= 0.6 is 0 Å². The first-order chi connectivity index (χ1) is 8.71. The molecule has 5 heteroatoms. The molecule has 0 spiro atoms. The van der Waals surface area contributed by atoms with Gasteiger partial charge in [0, 0.05) is 18.2 Å². The summed E-state index contributed by atoms with van der Waals surface area (Å²) in [5, 5.41) is 14.4. The highest BCUT2D eigenvalue weighted by molar-refractivity contribution is 5.66. The van der Waals surface area contributed by atoms with Crippen LogP contribution in [0.25, 0.3) is 0 Å². The third-order valence-corrected chi connectivity index (χ3v) is 4.72. The molecule has 0 aromatic heterocycles. The summed E-state index contributed by atoms with van der Waals surface area (Å²) >= 11 is 0. The molecule has 1 saturated carbocycles. The van der Waals surface area contributed by atoms with E-state index in [9.17, 15) is 10.1 Å². The third kappa shape index (κ3) is 2.03. The van der Waals surface area contributed by atoms with Crippen LogP contribution in [0.2, 0.25) is 0 Å². The minimum absolute atomic E-state index is 0.0827. The molecule has 2 rings (SSSR count). The summed E-state index contributed by atoms with van der Waals surface area (Å²) in [7, 11) is 1.55. The molecule has 0 radical (unpaired) electrons. The van der Waals surface area contributed by atoms with E-state index in [2.05, 4.69) is 33.0 Å². The van der Waals surface area contributed by atoms with Gasteiger partial charge in [0.05, 0.1) is 12.0 Å². The molecule has 0 amide bonds. The fraction of sp³-hybridized carbons (Fsp3) is 0.571. The van der Waals surface area contributed by atoms with Crippen LogP contribution in [0.1, 0.15) is 27.7 Å². The lowest BCUT2D eigenvalue weighted by Gasteiger charge is -2.10. The Hall–Kier alpha value is -1.78. The Labute approximate surface area is 113 Å². The fourth-order valence-corrected chi connectivity index (χ4v) is 2.63. The molecule has 1 fully saturated rings. The SMILES string of the molecule is COc1ccc([N+](=O)[O-])c(NC2C(C)(C)C2(C)C)c1. The predicted molar refractivity (Wildman–Crippen MR) is 74.6 cm³/mol. The predicted octanol–water partition coefficient (Wildman–Crippen LogP) is 3.45. The summed E-state index contributed by atoms with van der Waals surface area (Å²) in [6, 6.07) is 4.98. The van der Waals surface area contributed by atoms with Gasteiger partial charge in [-0.3, -0.25) is 10.1 Å². The molecule has 0 saturated heterocycles. The summed E-state index contributed by atoms with van der Waals surface area (Å²) in [4.78, 5) is 10.7. The van der Waals surface area contributed by atoms with Crippen LogP contribution in [0.3, 0.4) is 0 Å². The Kier molecular flexibility index (Phi) is 2.96. The van der Waals surface area contributed by atoms with E-state index in [0.717, 1.165) is 0 Å². The molecule has 1 aromatic carbocycles. The standard InChI is InChI=1S/C14H20N2O3/c1-13(2)12(14(13,3)4)15-10-8-9(19-5)6-7-11(10)16(17)18/h6-8,12,15H,1-5H3. The van der Waals surface area contributed by atoms with E-state index in [-0.39, 0.29) is 27.5 Å². The maximum atomic E-state index is 11.1. The van der Waals surface area contributed by atoms with Crippen molar-refractivity contribution in [2.75, 3.05) is 12.4 Å². The van der Waals surface area contributed by atoms with Gasteiger partial charge < -0.3 is 10.1 Å². The molecule has 1 aromatic rings. The van der Waals surface area contributed by atoms with Crippen LogP contribution in [0, 0.1) is 20.9 Å². The van der Waals surface area contributed by atoms with Crippen molar-refractivity contribution in [1.82, 2.24) is 0 Å². The highest BCUT2D eigenvalue weighted by Crippen LogP contribution is 2.64. The van der Waals surface area contributed by atoms with Crippen molar-refractivity contribution in [2.45, 2.75) is 33.7 Å². The van der Waals surface area contributed by atoms with Crippen molar-refractivity contribution in [3.8, 4) is 5.75 Å². The number of nitrogens with one attached hydrogen (secondary N) is 1. The summed E-state index contributed by atoms with van der Waals surface area (Å²) in [5.74, 6) is 0.615. The highest BCUT2D eigenvalue weighted by Gasteiger charge is 2.65. The zero-order valence-electron chi connectivity index (χ0n) is 12.0. The second kappa shape index (κ2) is 4.11. The van der Waals surface area contributed by atoms with Gasteiger partial charge in [-0.2, -0.15) is 0 Å². The topological polar surface area (TPSA) is 64.4 Å². The maximum absolute atomic E-state index is 11.1. The van der Waals surface area contributed by atoms with Crippen molar-refractivity contribution in [3.05, 3.63) is 28.3 Å². The molecule has 1 aliphatic rings. The van der Waals surface area contributed by atoms with Crippen molar-refractivity contribution < 1.29 is 9.66 Å². The zero-order chi connectivity index (χ0) is 14.4. The molecule has 104 valence electrons. The molecule has 1 aliphatic carbocycles. The first-order valence-electron chi connectivity index (χ1n) is 6.31. The van der Waals surface area contributed by atoms with E-state index < -0.39 is 0 Å². The number of ether oxygens (including phenoxy) is 1. The van der Waals surface area contributed by atoms with E-state index in [1.807, 2.05) is 0 Å². The second-order valence-electron chi connectivity index (χ2n) is 6.16. The number of nitrogens with zero attached hydrogens (tertiary/aromatic N) is 1. The third-order valence-electron chi connectivity index (χ3n) is 4.72. The molecule has 0 heterocycles. The van der Waals surface area contributed by atoms with E-state index >= 15 is 0 Å². The van der Waals surface area contributed by atoms with Gasteiger partial charge >= 0.3 is 0 Å². The van der Waals surface area contributed by atoms with Gasteiger partial charge in [-0.05, 0) is 16.9 Å². The summed E-state index contributed by atoms with van der Waals surface area (Å²) in [6.07, 6.45) is 0. The quantitative estimate of drug-likeness (QED) is 0.668. The molecule has 19 heavy (non-hydrogen) atoms. The summed E-state index contributed by atoms with van der Waals surface area (Å²) < 4.78 is 5.13. The van der Waals surface area contributed by atoms with E-state index in [1.54, 1.807) is 19.2 Å². The average Bonchev–Trinajstić information content (AvgIpc) is 2.71. The van der Waals surface area contributed by atoms with Gasteiger partial charge in [0.15, 0.2) is 0 Å². The van der Waals surface area contributed by atoms with Crippen LogP contribution in [-0.2, 0) is 0 Å². The smallest absolute Gasteiger partial charge is 0.292 e. The van der Waals surface area contributed by atoms with Crippen molar-refractivity contribution >= 4 is 11.4 Å². The lowest BCUT2D eigenvalue weighted by molar-refractivity contribution is -0.384. The lowest BCUT2D eigenvalue weighted by atomic mass is 10.0. The minimum Gasteiger partial charge on any atom is -0.497 e. The van der Waals surface area contributed by atoms with Gasteiger partial charge in [0.2, 0.25) is 0 Å². The first-order valence-corrected chi connectivity index (χ1v) is 6.31. The molecule has 0 aliphatic heterocycles. The monoisotopic (exact) mass is 264 g/mol. The van der Waals surface area contributed by atoms with Crippen molar-refractivity contribution in [3.63, 3.8) is 0 Å². The Balaban J connectivity index is 2.32. The van der Waals surface area contributed by atoms with Crippen LogP contribution in [0.4, 0.5) is 11.4 Å². The largest absolute Gasteiger partial charge is 0.497 e. The molecule has 0 unspecified atom stereocenters. The number of methoxy groups -OCH3 is 1. The van der Waals surface area contributed by atoms with E-state index in [1.165, 1.54) is 6.07 Å². The van der Waals surface area contributed by atoms with E-state index in [0.29, 0.717) is 11.4 Å². The Morgan fingerprint density at radius 1 is 1.26 bits per heavy atom. The van der Waals surface area contributed by atoms with Gasteiger partial charge in [0.25, 0.3) is 5.69 Å². The Morgan fingerprint density at radius 3 is 2.26 bits per heavy atom. The van der Waals surface area contributed by atoms with Crippen LogP contribution < -0.4 is 10.1 Å². The number of hydrogen-bond acceptors (Lipinski definition) is 4. The van der Waals surface area contributed by atoms with Crippen molar-refractivity contribution in [1.29, 1.82) is 0 Å². The second-order valence-corrected chi connectivity index (χ2v) is 6.16. The van der Waals surface area contributed by atoms with Crippen LogP contribution in [0.15, 0.2) is 18.2 Å². The normalized spacial score (nSPS) is 19.8. The average molecular weight is 264 g/mol. The minimum atomic E-state index is -0.371. The number of nitro benzene ring substituents is 1. The summed E-state index contributed by atoms with van der Waals surface area (Å²) in [5.41, 5.74) is 0.834.